The summed E-state index contributed by atoms with van der Waals surface area (Å²) in [5.74, 6) is 2.03. The van der Waals surface area contributed by atoms with E-state index in [1.807, 2.05) is 18.5 Å². The molecule has 3 heteroatoms. The van der Waals surface area contributed by atoms with Gasteiger partial charge in [0.25, 0.3) is 0 Å². The summed E-state index contributed by atoms with van der Waals surface area (Å²) in [5, 5.41) is 3.51. The lowest BCUT2D eigenvalue weighted by molar-refractivity contribution is 0.309. The Hall–Kier alpha value is -0.930. The third kappa shape index (κ3) is 2.90. The fraction of sp³-hybridized carbons (Fsp3) is 0.667. The van der Waals surface area contributed by atoms with Crippen LogP contribution in [0.1, 0.15) is 24.8 Å². The van der Waals surface area contributed by atoms with Crippen molar-refractivity contribution in [1.29, 1.82) is 0 Å². The van der Waals surface area contributed by atoms with Crippen molar-refractivity contribution in [3.8, 4) is 0 Å². The molecule has 1 aliphatic heterocycles. The quantitative estimate of drug-likeness (QED) is 0.803. The van der Waals surface area contributed by atoms with Crippen LogP contribution in [0.15, 0.2) is 24.5 Å². The molecule has 3 nitrogen and oxygen atoms in total. The van der Waals surface area contributed by atoms with Crippen LogP contribution in [0, 0.1) is 11.8 Å². The molecule has 2 atom stereocenters. The van der Waals surface area contributed by atoms with Crippen LogP contribution >= 0.6 is 0 Å². The van der Waals surface area contributed by atoms with E-state index >= 15 is 0 Å². The van der Waals surface area contributed by atoms with Gasteiger partial charge in [-0.15, -0.1) is 0 Å². The molecule has 2 aliphatic rings. The monoisotopic (exact) mass is 245 g/mol. The number of nitrogens with zero attached hydrogens (tertiary/aromatic N) is 2. The maximum Gasteiger partial charge on any atom is 0.0312 e. The van der Waals surface area contributed by atoms with E-state index < -0.39 is 0 Å². The summed E-state index contributed by atoms with van der Waals surface area (Å²) < 4.78 is 0. The molecule has 0 aromatic carbocycles. The molecule has 3 rings (SSSR count). The van der Waals surface area contributed by atoms with Gasteiger partial charge in [-0.1, -0.05) is 12.5 Å². The molecule has 1 saturated carbocycles. The SMILES string of the molecule is c1cncc(CNCCN2CC3CCCC3C2)c1. The number of nitrogens with one attached hydrogen (secondary N) is 1. The second-order valence-corrected chi connectivity index (χ2v) is 5.75. The molecule has 0 spiro atoms. The molecule has 0 radical (unpaired) electrons. The Morgan fingerprint density at radius 3 is 2.83 bits per heavy atom. The van der Waals surface area contributed by atoms with E-state index in [1.165, 1.54) is 44.5 Å². The molecule has 0 bridgehead atoms. The minimum absolute atomic E-state index is 0.939. The average molecular weight is 245 g/mol. The summed E-state index contributed by atoms with van der Waals surface area (Å²) in [7, 11) is 0. The molecule has 1 aliphatic carbocycles. The molecule has 2 unspecified atom stereocenters. The van der Waals surface area contributed by atoms with Crippen LogP contribution in [0.25, 0.3) is 0 Å². The minimum Gasteiger partial charge on any atom is -0.311 e. The van der Waals surface area contributed by atoms with Crippen molar-refractivity contribution in [3.63, 3.8) is 0 Å². The Balaban J connectivity index is 1.34. The van der Waals surface area contributed by atoms with Crippen molar-refractivity contribution in [3.05, 3.63) is 30.1 Å². The van der Waals surface area contributed by atoms with Gasteiger partial charge >= 0.3 is 0 Å². The van der Waals surface area contributed by atoms with Crippen molar-refractivity contribution in [1.82, 2.24) is 15.2 Å². The number of hydrogen-bond acceptors (Lipinski definition) is 3. The molecule has 1 aromatic heterocycles. The number of aromatic nitrogens is 1. The van der Waals surface area contributed by atoms with Gasteiger partial charge < -0.3 is 10.2 Å². The lowest BCUT2D eigenvalue weighted by Gasteiger charge is -2.16. The first-order chi connectivity index (χ1) is 8.92. The van der Waals surface area contributed by atoms with Crippen molar-refractivity contribution in [2.75, 3.05) is 26.2 Å². The second kappa shape index (κ2) is 5.81. The van der Waals surface area contributed by atoms with E-state index in [9.17, 15) is 0 Å². The van der Waals surface area contributed by atoms with Crippen molar-refractivity contribution in [2.24, 2.45) is 11.8 Å². The smallest absolute Gasteiger partial charge is 0.0312 e. The molecule has 98 valence electrons. The molecule has 18 heavy (non-hydrogen) atoms. The van der Waals surface area contributed by atoms with Gasteiger partial charge in [-0.05, 0) is 36.3 Å². The largest absolute Gasteiger partial charge is 0.311 e. The topological polar surface area (TPSA) is 28.2 Å². The van der Waals surface area contributed by atoms with Crippen molar-refractivity contribution in [2.45, 2.75) is 25.8 Å². The Kier molecular flexibility index (Phi) is 3.91. The zero-order valence-electron chi connectivity index (χ0n) is 11.0. The fourth-order valence-corrected chi connectivity index (χ4v) is 3.49. The Bertz CT molecular complexity index is 353. The predicted octanol–water partition coefficient (Wildman–Crippen LogP) is 1.90. The van der Waals surface area contributed by atoms with Crippen molar-refractivity contribution >= 4 is 0 Å². The highest BCUT2D eigenvalue weighted by molar-refractivity contribution is 5.07. The maximum absolute atomic E-state index is 4.13. The molecular weight excluding hydrogens is 222 g/mol. The lowest BCUT2D eigenvalue weighted by Crippen LogP contribution is -2.31. The van der Waals surface area contributed by atoms with E-state index in [-0.39, 0.29) is 0 Å². The average Bonchev–Trinajstić information content (AvgIpc) is 2.96. The first kappa shape index (κ1) is 12.1. The Morgan fingerprint density at radius 1 is 1.28 bits per heavy atom. The van der Waals surface area contributed by atoms with E-state index in [4.69, 9.17) is 0 Å². The highest BCUT2D eigenvalue weighted by atomic mass is 15.2. The third-order valence-corrected chi connectivity index (χ3v) is 4.46. The van der Waals surface area contributed by atoms with Crippen LogP contribution in [-0.2, 0) is 6.54 Å². The van der Waals surface area contributed by atoms with Gasteiger partial charge in [0.1, 0.15) is 0 Å². The summed E-state index contributed by atoms with van der Waals surface area (Å²) in [4.78, 5) is 6.77. The first-order valence-corrected chi connectivity index (χ1v) is 7.24. The second-order valence-electron chi connectivity index (χ2n) is 5.75. The van der Waals surface area contributed by atoms with E-state index in [1.54, 1.807) is 0 Å². The number of pyridine rings is 1. The summed E-state index contributed by atoms with van der Waals surface area (Å²) in [5.41, 5.74) is 1.27. The van der Waals surface area contributed by atoms with E-state index in [2.05, 4.69) is 21.3 Å². The first-order valence-electron chi connectivity index (χ1n) is 7.24. The van der Waals surface area contributed by atoms with Gasteiger partial charge in [-0.2, -0.15) is 0 Å². The van der Waals surface area contributed by atoms with Crippen LogP contribution in [0.3, 0.4) is 0 Å². The van der Waals surface area contributed by atoms with Crippen molar-refractivity contribution < 1.29 is 0 Å². The number of rotatable bonds is 5. The standard InChI is InChI=1S/C15H23N3/c1-4-14-11-18(12-15(14)5-1)8-7-17-10-13-3-2-6-16-9-13/h2-3,6,9,14-15,17H,1,4-5,7-8,10-12H2. The summed E-state index contributed by atoms with van der Waals surface area (Å²) in [6.45, 7) is 5.93. The van der Waals surface area contributed by atoms with Gasteiger partial charge in [0, 0.05) is 45.1 Å². The zero-order chi connectivity index (χ0) is 12.2. The molecular formula is C15H23N3. The van der Waals surface area contributed by atoms with Crippen LogP contribution in [-0.4, -0.2) is 36.1 Å². The van der Waals surface area contributed by atoms with Crippen LogP contribution < -0.4 is 5.32 Å². The number of fused-ring (bicyclic) bond motifs is 1. The van der Waals surface area contributed by atoms with Gasteiger partial charge in [-0.3, -0.25) is 4.98 Å². The molecule has 0 amide bonds. The number of likely N-dealkylation sites (tertiary alicyclic amines) is 1. The Morgan fingerprint density at radius 2 is 2.11 bits per heavy atom. The third-order valence-electron chi connectivity index (χ3n) is 4.46. The fourth-order valence-electron chi connectivity index (χ4n) is 3.49. The van der Waals surface area contributed by atoms with E-state index in [0.717, 1.165) is 24.9 Å². The summed E-state index contributed by atoms with van der Waals surface area (Å²) >= 11 is 0. The van der Waals surface area contributed by atoms with Gasteiger partial charge in [0.2, 0.25) is 0 Å². The highest BCUT2D eigenvalue weighted by Gasteiger charge is 2.35. The molecule has 1 aromatic rings. The lowest BCUT2D eigenvalue weighted by atomic mass is 10.0. The molecule has 2 heterocycles. The van der Waals surface area contributed by atoms with Crippen LogP contribution in [0.4, 0.5) is 0 Å². The highest BCUT2D eigenvalue weighted by Crippen LogP contribution is 2.37. The van der Waals surface area contributed by atoms with Gasteiger partial charge in [0.15, 0.2) is 0 Å². The summed E-state index contributed by atoms with van der Waals surface area (Å²) in [6.07, 6.45) is 8.19. The number of hydrogen-bond donors (Lipinski definition) is 1. The predicted molar refractivity (Wildman–Crippen MR) is 73.2 cm³/mol. The zero-order valence-corrected chi connectivity index (χ0v) is 11.0. The van der Waals surface area contributed by atoms with Crippen LogP contribution in [0.5, 0.6) is 0 Å². The molecule has 1 saturated heterocycles. The normalized spacial score (nSPS) is 27.6. The maximum atomic E-state index is 4.13. The van der Waals surface area contributed by atoms with Gasteiger partial charge in [0.05, 0.1) is 0 Å². The molecule has 1 N–H and O–H groups in total. The van der Waals surface area contributed by atoms with Crippen LogP contribution in [0.2, 0.25) is 0 Å². The molecule has 2 fully saturated rings. The minimum atomic E-state index is 0.939. The van der Waals surface area contributed by atoms with E-state index in [0.29, 0.717) is 0 Å². The van der Waals surface area contributed by atoms with Gasteiger partial charge in [-0.25, -0.2) is 0 Å². The summed E-state index contributed by atoms with van der Waals surface area (Å²) in [6, 6.07) is 4.12. The Labute approximate surface area is 110 Å².